The number of rotatable bonds is 4. The van der Waals surface area contributed by atoms with Crippen molar-refractivity contribution in [3.05, 3.63) is 58.8 Å². The van der Waals surface area contributed by atoms with Gasteiger partial charge in [0.2, 0.25) is 0 Å². The molecule has 122 valence electrons. The summed E-state index contributed by atoms with van der Waals surface area (Å²) >= 11 is 0. The number of pyridine rings is 2. The predicted octanol–water partition coefficient (Wildman–Crippen LogP) is -2.42. The van der Waals surface area contributed by atoms with E-state index in [9.17, 15) is 14.7 Å². The number of nitrogens with zero attached hydrogens (tertiary/aromatic N) is 2. The van der Waals surface area contributed by atoms with Crippen LogP contribution in [-0.4, -0.2) is 33.9 Å². The molecule has 2 N–H and O–H groups in total. The molecular formula is C17H15LiN4O3. The number of aromatic amines is 1. The molecule has 0 fully saturated rings. The summed E-state index contributed by atoms with van der Waals surface area (Å²) in [5.74, 6) is -1.80. The molecule has 25 heavy (non-hydrogen) atoms. The van der Waals surface area contributed by atoms with Gasteiger partial charge in [0, 0.05) is 42.5 Å². The molecule has 0 bridgehead atoms. The van der Waals surface area contributed by atoms with E-state index >= 15 is 0 Å². The second kappa shape index (κ2) is 7.51. The van der Waals surface area contributed by atoms with Gasteiger partial charge in [0.25, 0.3) is 5.91 Å². The van der Waals surface area contributed by atoms with Gasteiger partial charge in [-0.15, -0.1) is 0 Å². The van der Waals surface area contributed by atoms with Gasteiger partial charge in [-0.25, -0.2) is 4.98 Å². The summed E-state index contributed by atoms with van der Waals surface area (Å²) in [4.78, 5) is 34.7. The fourth-order valence-corrected chi connectivity index (χ4v) is 2.62. The van der Waals surface area contributed by atoms with Crippen molar-refractivity contribution in [1.82, 2.24) is 20.3 Å². The molecule has 0 aliphatic carbocycles. The van der Waals surface area contributed by atoms with Crippen molar-refractivity contribution >= 4 is 22.8 Å². The Morgan fingerprint density at radius 2 is 2.08 bits per heavy atom. The summed E-state index contributed by atoms with van der Waals surface area (Å²) in [6.07, 6.45) is 3.91. The van der Waals surface area contributed by atoms with Gasteiger partial charge in [0.15, 0.2) is 0 Å². The van der Waals surface area contributed by atoms with Crippen LogP contribution in [0.2, 0.25) is 0 Å². The second-order valence-corrected chi connectivity index (χ2v) is 5.41. The standard InChI is InChI=1S/C17H16N4O3.Li/c1-9-15-13(3-4-19-15)11(8-20-9)6-12-5-10(17(23)24)7-14(21-12)16(22)18-2;/h3-5,7-8,19H,6H2,1-2H3,(H,18,22)(H,23,24);/q;+1/p-1. The molecule has 8 heteroatoms. The van der Waals surface area contributed by atoms with Crippen molar-refractivity contribution in [3.8, 4) is 0 Å². The molecule has 3 aromatic heterocycles. The maximum absolute atomic E-state index is 11.8. The van der Waals surface area contributed by atoms with E-state index in [1.165, 1.54) is 19.2 Å². The van der Waals surface area contributed by atoms with Crippen LogP contribution in [0.5, 0.6) is 0 Å². The van der Waals surface area contributed by atoms with E-state index in [1.807, 2.05) is 19.2 Å². The fraction of sp³-hybridized carbons (Fsp3) is 0.176. The van der Waals surface area contributed by atoms with Crippen molar-refractivity contribution in [3.63, 3.8) is 0 Å². The number of carbonyl (C=O) groups excluding carboxylic acids is 2. The molecule has 0 unspecified atom stereocenters. The molecular weight excluding hydrogens is 315 g/mol. The number of nitrogens with one attached hydrogen (secondary N) is 2. The average molecular weight is 330 g/mol. The number of amides is 1. The molecule has 0 saturated heterocycles. The zero-order valence-corrected chi connectivity index (χ0v) is 14.2. The third-order valence-electron chi connectivity index (χ3n) is 3.81. The van der Waals surface area contributed by atoms with Crippen LogP contribution in [0.4, 0.5) is 0 Å². The van der Waals surface area contributed by atoms with Crippen molar-refractivity contribution in [2.24, 2.45) is 0 Å². The average Bonchev–Trinajstić information content (AvgIpc) is 3.07. The summed E-state index contributed by atoms with van der Waals surface area (Å²) in [5, 5.41) is 14.6. The molecule has 0 saturated carbocycles. The quantitative estimate of drug-likeness (QED) is 0.518. The summed E-state index contributed by atoms with van der Waals surface area (Å²) in [5.41, 5.74) is 3.12. The molecule has 0 atom stereocenters. The van der Waals surface area contributed by atoms with E-state index < -0.39 is 11.9 Å². The topological polar surface area (TPSA) is 111 Å². The largest absolute Gasteiger partial charge is 1.00 e. The van der Waals surface area contributed by atoms with Crippen LogP contribution in [-0.2, 0) is 6.42 Å². The Kier molecular flexibility index (Phi) is 5.62. The van der Waals surface area contributed by atoms with E-state index in [0.717, 1.165) is 22.2 Å². The number of carbonyl (C=O) groups is 2. The van der Waals surface area contributed by atoms with Crippen molar-refractivity contribution in [2.45, 2.75) is 13.3 Å². The van der Waals surface area contributed by atoms with Gasteiger partial charge in [-0.05, 0) is 30.7 Å². The SMILES string of the molecule is CNC(=O)c1cc(C(=O)[O-])cc(Cc2cnc(C)c3[nH]ccc23)n1.[Li+]. The predicted molar refractivity (Wildman–Crippen MR) is 85.6 cm³/mol. The summed E-state index contributed by atoms with van der Waals surface area (Å²) in [6, 6.07) is 4.55. The van der Waals surface area contributed by atoms with E-state index in [-0.39, 0.29) is 30.1 Å². The van der Waals surface area contributed by atoms with Crippen molar-refractivity contribution in [1.29, 1.82) is 0 Å². The van der Waals surface area contributed by atoms with Gasteiger partial charge in [-0.3, -0.25) is 9.78 Å². The molecule has 0 spiro atoms. The summed E-state index contributed by atoms with van der Waals surface area (Å²) in [7, 11) is 1.46. The molecule has 3 rings (SSSR count). The molecule has 3 aromatic rings. The van der Waals surface area contributed by atoms with Crippen molar-refractivity contribution < 1.29 is 33.6 Å². The van der Waals surface area contributed by atoms with Crippen LogP contribution in [0.1, 0.15) is 37.8 Å². The second-order valence-electron chi connectivity index (χ2n) is 5.41. The number of aryl methyl sites for hydroxylation is 1. The number of aromatic nitrogens is 3. The Balaban J connectivity index is 0.00000225. The van der Waals surface area contributed by atoms with Crippen LogP contribution < -0.4 is 29.3 Å². The van der Waals surface area contributed by atoms with Gasteiger partial charge in [-0.1, -0.05) is 0 Å². The van der Waals surface area contributed by atoms with E-state index in [4.69, 9.17) is 0 Å². The van der Waals surface area contributed by atoms with Gasteiger partial charge in [0.05, 0.1) is 17.2 Å². The summed E-state index contributed by atoms with van der Waals surface area (Å²) < 4.78 is 0. The first kappa shape index (κ1) is 18.7. The van der Waals surface area contributed by atoms with Crippen molar-refractivity contribution in [2.75, 3.05) is 7.05 Å². The maximum atomic E-state index is 11.8. The number of aromatic carboxylic acids is 1. The zero-order chi connectivity index (χ0) is 17.3. The van der Waals surface area contributed by atoms with Crippen LogP contribution >= 0.6 is 0 Å². The third-order valence-corrected chi connectivity index (χ3v) is 3.81. The number of hydrogen-bond donors (Lipinski definition) is 2. The first-order valence-electron chi connectivity index (χ1n) is 7.35. The molecule has 0 aromatic carbocycles. The smallest absolute Gasteiger partial charge is 0.545 e. The van der Waals surface area contributed by atoms with E-state index in [0.29, 0.717) is 12.1 Å². The maximum Gasteiger partial charge on any atom is 1.00 e. The van der Waals surface area contributed by atoms with Crippen LogP contribution in [0.3, 0.4) is 0 Å². The fourth-order valence-electron chi connectivity index (χ4n) is 2.62. The van der Waals surface area contributed by atoms with Gasteiger partial charge >= 0.3 is 18.9 Å². The Hall–Kier alpha value is -2.62. The van der Waals surface area contributed by atoms with Gasteiger partial charge < -0.3 is 20.2 Å². The Morgan fingerprint density at radius 1 is 1.32 bits per heavy atom. The Bertz CT molecular complexity index is 952. The van der Waals surface area contributed by atoms with E-state index in [2.05, 4.69) is 20.3 Å². The van der Waals surface area contributed by atoms with Gasteiger partial charge in [-0.2, -0.15) is 0 Å². The van der Waals surface area contributed by atoms with E-state index in [1.54, 1.807) is 6.20 Å². The normalized spacial score (nSPS) is 10.3. The molecule has 1 amide bonds. The molecule has 0 aliphatic rings. The molecule has 3 heterocycles. The third kappa shape index (κ3) is 3.73. The zero-order valence-electron chi connectivity index (χ0n) is 14.2. The number of hydrogen-bond acceptors (Lipinski definition) is 5. The monoisotopic (exact) mass is 330 g/mol. The first-order chi connectivity index (χ1) is 11.5. The molecule has 0 aliphatic heterocycles. The van der Waals surface area contributed by atoms with Crippen LogP contribution in [0.25, 0.3) is 10.9 Å². The van der Waals surface area contributed by atoms with Crippen LogP contribution in [0, 0.1) is 6.92 Å². The number of carboxylic acid groups (broad SMARTS) is 1. The number of H-pyrrole nitrogens is 1. The minimum Gasteiger partial charge on any atom is -0.545 e. The minimum absolute atomic E-state index is 0. The Labute approximate surface area is 156 Å². The number of fused-ring (bicyclic) bond motifs is 1. The van der Waals surface area contributed by atoms with Crippen LogP contribution in [0.15, 0.2) is 30.6 Å². The Morgan fingerprint density at radius 3 is 2.76 bits per heavy atom. The van der Waals surface area contributed by atoms with Gasteiger partial charge in [0.1, 0.15) is 5.69 Å². The first-order valence-corrected chi connectivity index (χ1v) is 7.35. The summed E-state index contributed by atoms with van der Waals surface area (Å²) in [6.45, 7) is 1.90. The minimum atomic E-state index is -1.35. The molecule has 7 nitrogen and oxygen atoms in total. The molecule has 0 radical (unpaired) electrons. The number of carboxylic acids is 1.